The van der Waals surface area contributed by atoms with Crippen LogP contribution in [-0.2, 0) is 17.9 Å². The molecule has 86 valence electrons. The molecule has 0 unspecified atom stereocenters. The van der Waals surface area contributed by atoms with Crippen molar-refractivity contribution in [1.29, 1.82) is 0 Å². The molecule has 0 radical (unpaired) electrons. The average molecular weight is 230 g/mol. The van der Waals surface area contributed by atoms with Crippen LogP contribution in [0.1, 0.15) is 16.8 Å². The Hall–Kier alpha value is -1.59. The van der Waals surface area contributed by atoms with Gasteiger partial charge in [0.1, 0.15) is 0 Å². The van der Waals surface area contributed by atoms with Crippen molar-refractivity contribution in [2.75, 3.05) is 0 Å². The fraction of sp³-hybridized carbons (Fsp3) is 0.400. The number of halogens is 3. The Kier molecular flexibility index (Phi) is 2.36. The Labute approximate surface area is 89.9 Å². The molecule has 0 spiro atoms. The third-order valence-electron chi connectivity index (χ3n) is 2.47. The van der Waals surface area contributed by atoms with Gasteiger partial charge in [-0.2, -0.15) is 13.2 Å². The first-order valence-corrected chi connectivity index (χ1v) is 4.68. The van der Waals surface area contributed by atoms with Crippen LogP contribution in [0.3, 0.4) is 0 Å². The van der Waals surface area contributed by atoms with Gasteiger partial charge in [-0.05, 0) is 24.1 Å². The van der Waals surface area contributed by atoms with Crippen LogP contribution in [0.5, 0.6) is 0 Å². The van der Waals surface area contributed by atoms with E-state index >= 15 is 0 Å². The Bertz CT molecular complexity index is 442. The summed E-state index contributed by atoms with van der Waals surface area (Å²) >= 11 is 0. The van der Waals surface area contributed by atoms with Crippen LogP contribution in [0.2, 0.25) is 0 Å². The first kappa shape index (κ1) is 10.9. The third kappa shape index (κ3) is 1.87. The summed E-state index contributed by atoms with van der Waals surface area (Å²) in [6.45, 7) is 1.76. The topological polar surface area (TPSA) is 33.2 Å². The first-order valence-electron chi connectivity index (χ1n) is 4.68. The van der Waals surface area contributed by atoms with Crippen molar-refractivity contribution in [2.24, 2.45) is 0 Å². The van der Waals surface area contributed by atoms with Crippen LogP contribution in [-0.4, -0.2) is 22.0 Å². The molecule has 1 amide bonds. The summed E-state index contributed by atoms with van der Waals surface area (Å²) in [6, 6.07) is 1.71. The zero-order valence-electron chi connectivity index (χ0n) is 8.51. The maximum absolute atomic E-state index is 12.2. The lowest BCUT2D eigenvalue weighted by Gasteiger charge is -2.16. The van der Waals surface area contributed by atoms with Gasteiger partial charge in [0.2, 0.25) is 0 Å². The lowest BCUT2D eigenvalue weighted by Crippen LogP contribution is -2.37. The van der Waals surface area contributed by atoms with E-state index in [2.05, 4.69) is 4.98 Å². The molecule has 1 aliphatic rings. The molecule has 0 N–H and O–H groups in total. The molecule has 0 bridgehead atoms. The standard InChI is InChI=1S/C10H9F3N2O/c1-6-2-7-4-15(5-8(7)3-14-6)9(16)10(11,12)13/h2-3H,4-5H2,1H3. The van der Waals surface area contributed by atoms with Crippen LogP contribution >= 0.6 is 0 Å². The van der Waals surface area contributed by atoms with Crippen molar-refractivity contribution in [1.82, 2.24) is 9.88 Å². The Balaban J connectivity index is 2.20. The van der Waals surface area contributed by atoms with E-state index in [1.54, 1.807) is 13.0 Å². The fourth-order valence-corrected chi connectivity index (χ4v) is 1.72. The predicted molar refractivity (Wildman–Crippen MR) is 49.3 cm³/mol. The zero-order valence-corrected chi connectivity index (χ0v) is 8.51. The third-order valence-corrected chi connectivity index (χ3v) is 2.47. The maximum Gasteiger partial charge on any atom is 0.471 e. The molecule has 6 heteroatoms. The molecule has 1 aromatic heterocycles. The minimum atomic E-state index is -4.80. The number of aryl methyl sites for hydroxylation is 1. The average Bonchev–Trinajstić information content (AvgIpc) is 2.57. The van der Waals surface area contributed by atoms with Crippen LogP contribution in [0.25, 0.3) is 0 Å². The van der Waals surface area contributed by atoms with E-state index in [1.165, 1.54) is 6.20 Å². The highest BCUT2D eigenvalue weighted by Gasteiger charge is 2.43. The Morgan fingerprint density at radius 2 is 2.00 bits per heavy atom. The molecule has 1 aromatic rings. The van der Waals surface area contributed by atoms with E-state index in [1.807, 2.05) is 0 Å². The number of amides is 1. The van der Waals surface area contributed by atoms with E-state index in [4.69, 9.17) is 0 Å². The molecule has 2 rings (SSSR count). The number of pyridine rings is 1. The number of aromatic nitrogens is 1. The predicted octanol–water partition coefficient (Wildman–Crippen LogP) is 1.79. The number of rotatable bonds is 0. The molecule has 0 aliphatic carbocycles. The Morgan fingerprint density at radius 3 is 2.62 bits per heavy atom. The molecule has 0 fully saturated rings. The SMILES string of the molecule is Cc1cc2c(cn1)CN(C(=O)C(F)(F)F)C2. The Morgan fingerprint density at radius 1 is 1.38 bits per heavy atom. The molecule has 3 nitrogen and oxygen atoms in total. The highest BCUT2D eigenvalue weighted by atomic mass is 19.4. The molecule has 0 aromatic carbocycles. The van der Waals surface area contributed by atoms with E-state index in [0.717, 1.165) is 16.2 Å². The fourth-order valence-electron chi connectivity index (χ4n) is 1.72. The number of carbonyl (C=O) groups is 1. The molecule has 0 saturated carbocycles. The summed E-state index contributed by atoms with van der Waals surface area (Å²) in [4.78, 5) is 15.8. The summed E-state index contributed by atoms with van der Waals surface area (Å²) < 4.78 is 36.6. The summed E-state index contributed by atoms with van der Waals surface area (Å²) in [6.07, 6.45) is -3.28. The summed E-state index contributed by atoms with van der Waals surface area (Å²) in [7, 11) is 0. The van der Waals surface area contributed by atoms with Gasteiger partial charge >= 0.3 is 12.1 Å². The lowest BCUT2D eigenvalue weighted by molar-refractivity contribution is -0.186. The maximum atomic E-state index is 12.2. The van der Waals surface area contributed by atoms with E-state index < -0.39 is 12.1 Å². The highest BCUT2D eigenvalue weighted by molar-refractivity contribution is 5.82. The second-order valence-corrected chi connectivity index (χ2v) is 3.75. The van der Waals surface area contributed by atoms with Gasteiger partial charge in [-0.15, -0.1) is 0 Å². The molecular weight excluding hydrogens is 221 g/mol. The van der Waals surface area contributed by atoms with Crippen molar-refractivity contribution in [3.05, 3.63) is 29.1 Å². The molecule has 1 aliphatic heterocycles. The van der Waals surface area contributed by atoms with Gasteiger partial charge in [0.25, 0.3) is 0 Å². The second kappa shape index (κ2) is 3.47. The quantitative estimate of drug-likeness (QED) is 0.680. The van der Waals surface area contributed by atoms with Gasteiger partial charge in [0, 0.05) is 25.0 Å². The molecule has 0 atom stereocenters. The van der Waals surface area contributed by atoms with E-state index in [9.17, 15) is 18.0 Å². The van der Waals surface area contributed by atoms with Crippen LogP contribution in [0.15, 0.2) is 12.3 Å². The van der Waals surface area contributed by atoms with Crippen molar-refractivity contribution >= 4 is 5.91 Å². The first-order chi connectivity index (χ1) is 7.38. The van der Waals surface area contributed by atoms with Gasteiger partial charge < -0.3 is 4.90 Å². The smallest absolute Gasteiger partial charge is 0.326 e. The number of carbonyl (C=O) groups excluding carboxylic acids is 1. The number of alkyl halides is 3. The minimum absolute atomic E-state index is 0.0109. The zero-order chi connectivity index (χ0) is 11.9. The number of nitrogens with zero attached hydrogens (tertiary/aromatic N) is 2. The van der Waals surface area contributed by atoms with Gasteiger partial charge in [0.05, 0.1) is 0 Å². The van der Waals surface area contributed by atoms with Crippen LogP contribution in [0.4, 0.5) is 13.2 Å². The normalized spacial score (nSPS) is 15.1. The summed E-state index contributed by atoms with van der Waals surface area (Å²) in [5.74, 6) is -1.79. The van der Waals surface area contributed by atoms with Crippen molar-refractivity contribution in [2.45, 2.75) is 26.2 Å². The highest BCUT2D eigenvalue weighted by Crippen LogP contribution is 2.27. The lowest BCUT2D eigenvalue weighted by atomic mass is 10.2. The van der Waals surface area contributed by atoms with Crippen LogP contribution in [0, 0.1) is 6.92 Å². The molecular formula is C10H9F3N2O. The minimum Gasteiger partial charge on any atom is -0.326 e. The molecule has 2 heterocycles. The number of fused-ring (bicyclic) bond motifs is 1. The van der Waals surface area contributed by atoms with Crippen LogP contribution < -0.4 is 0 Å². The van der Waals surface area contributed by atoms with Gasteiger partial charge in [0.15, 0.2) is 0 Å². The van der Waals surface area contributed by atoms with Crippen molar-refractivity contribution < 1.29 is 18.0 Å². The van der Waals surface area contributed by atoms with Crippen molar-refractivity contribution in [3.63, 3.8) is 0 Å². The number of hydrogen-bond acceptors (Lipinski definition) is 2. The molecule has 16 heavy (non-hydrogen) atoms. The van der Waals surface area contributed by atoms with E-state index in [0.29, 0.717) is 5.56 Å². The van der Waals surface area contributed by atoms with Gasteiger partial charge in [-0.25, -0.2) is 0 Å². The van der Waals surface area contributed by atoms with Gasteiger partial charge in [-0.3, -0.25) is 9.78 Å². The molecule has 0 saturated heterocycles. The largest absolute Gasteiger partial charge is 0.471 e. The van der Waals surface area contributed by atoms with E-state index in [-0.39, 0.29) is 13.1 Å². The summed E-state index contributed by atoms with van der Waals surface area (Å²) in [5.41, 5.74) is 2.16. The second-order valence-electron chi connectivity index (χ2n) is 3.75. The van der Waals surface area contributed by atoms with Gasteiger partial charge in [-0.1, -0.05) is 0 Å². The van der Waals surface area contributed by atoms with Crippen molar-refractivity contribution in [3.8, 4) is 0 Å². The monoisotopic (exact) mass is 230 g/mol. The number of hydrogen-bond donors (Lipinski definition) is 0. The summed E-state index contributed by atoms with van der Waals surface area (Å²) in [5, 5.41) is 0.